The quantitative estimate of drug-likeness (QED) is 0.843. The number of pyridine rings is 1. The first kappa shape index (κ1) is 12.5. The summed E-state index contributed by atoms with van der Waals surface area (Å²) in [5, 5.41) is 11.9. The van der Waals surface area contributed by atoms with Crippen LogP contribution < -0.4 is 5.32 Å². The number of carbonyl (C=O) groups is 2. The van der Waals surface area contributed by atoms with Gasteiger partial charge in [-0.3, -0.25) is 9.78 Å². The van der Waals surface area contributed by atoms with Crippen molar-refractivity contribution >= 4 is 11.9 Å². The number of carboxylic acids is 1. The topological polar surface area (TPSA) is 79.3 Å². The molecule has 1 fully saturated rings. The molecule has 18 heavy (non-hydrogen) atoms. The summed E-state index contributed by atoms with van der Waals surface area (Å²) in [5.74, 6) is -1.35. The van der Waals surface area contributed by atoms with Crippen LogP contribution >= 0.6 is 0 Å². The lowest BCUT2D eigenvalue weighted by atomic mass is 9.95. The van der Waals surface area contributed by atoms with E-state index < -0.39 is 11.5 Å². The van der Waals surface area contributed by atoms with E-state index in [2.05, 4.69) is 10.3 Å². The summed E-state index contributed by atoms with van der Waals surface area (Å²) >= 11 is 0. The van der Waals surface area contributed by atoms with Crippen LogP contribution in [0.15, 0.2) is 18.5 Å². The molecule has 0 bridgehead atoms. The fourth-order valence-corrected chi connectivity index (χ4v) is 1.98. The number of aromatic nitrogens is 1. The third kappa shape index (κ3) is 2.34. The smallest absolute Gasteiger partial charge is 0.329 e. The minimum absolute atomic E-state index is 0.0247. The van der Waals surface area contributed by atoms with Crippen LogP contribution in [0.4, 0.5) is 0 Å². The van der Waals surface area contributed by atoms with E-state index >= 15 is 0 Å². The van der Waals surface area contributed by atoms with Gasteiger partial charge in [0.1, 0.15) is 5.54 Å². The van der Waals surface area contributed by atoms with Crippen molar-refractivity contribution < 1.29 is 14.7 Å². The van der Waals surface area contributed by atoms with Gasteiger partial charge >= 0.3 is 5.97 Å². The molecular weight excluding hydrogens is 232 g/mol. The van der Waals surface area contributed by atoms with Crippen LogP contribution in [0.2, 0.25) is 0 Å². The van der Waals surface area contributed by atoms with Gasteiger partial charge < -0.3 is 10.4 Å². The first-order valence-corrected chi connectivity index (χ1v) is 5.91. The second-order valence-corrected chi connectivity index (χ2v) is 4.99. The number of hydrogen-bond donors (Lipinski definition) is 2. The lowest BCUT2D eigenvalue weighted by molar-refractivity contribution is -0.144. The predicted molar refractivity (Wildman–Crippen MR) is 65.2 cm³/mol. The molecule has 0 radical (unpaired) electrons. The highest BCUT2D eigenvalue weighted by atomic mass is 16.4. The Morgan fingerprint density at radius 2 is 2.11 bits per heavy atom. The monoisotopic (exact) mass is 248 g/mol. The summed E-state index contributed by atoms with van der Waals surface area (Å²) in [6, 6.07) is 1.69. The summed E-state index contributed by atoms with van der Waals surface area (Å²) in [7, 11) is 0. The van der Waals surface area contributed by atoms with Crippen LogP contribution in [0.5, 0.6) is 0 Å². The zero-order chi connectivity index (χ0) is 13.3. The summed E-state index contributed by atoms with van der Waals surface area (Å²) in [6.07, 6.45) is 4.77. The zero-order valence-electron chi connectivity index (χ0n) is 10.4. The highest BCUT2D eigenvalue weighted by Gasteiger charge is 2.48. The van der Waals surface area contributed by atoms with E-state index in [0.717, 1.165) is 18.4 Å². The summed E-state index contributed by atoms with van der Waals surface area (Å²) in [5.41, 5.74) is 0.0788. The molecule has 1 unspecified atom stereocenters. The number of carbonyl (C=O) groups excluding carboxylic acids is 1. The van der Waals surface area contributed by atoms with Gasteiger partial charge in [-0.05, 0) is 44.2 Å². The highest BCUT2D eigenvalue weighted by Crippen LogP contribution is 2.39. The average Bonchev–Trinajstić information content (AvgIpc) is 3.12. The van der Waals surface area contributed by atoms with Crippen molar-refractivity contribution in [2.45, 2.75) is 32.2 Å². The zero-order valence-corrected chi connectivity index (χ0v) is 10.4. The molecule has 5 nitrogen and oxygen atoms in total. The lowest BCUT2D eigenvalue weighted by Gasteiger charge is -2.26. The van der Waals surface area contributed by atoms with Crippen LogP contribution in [0.25, 0.3) is 0 Å². The molecule has 1 atom stereocenters. The molecule has 1 saturated carbocycles. The van der Waals surface area contributed by atoms with Crippen molar-refractivity contribution in [3.63, 3.8) is 0 Å². The van der Waals surface area contributed by atoms with Crippen LogP contribution in [-0.2, 0) is 4.79 Å². The Hall–Kier alpha value is -1.91. The van der Waals surface area contributed by atoms with Gasteiger partial charge in [0.25, 0.3) is 5.91 Å². The maximum absolute atomic E-state index is 12.0. The lowest BCUT2D eigenvalue weighted by Crippen LogP contribution is -2.54. The Bertz CT molecular complexity index is 497. The normalized spacial score (nSPS) is 17.9. The molecule has 0 spiro atoms. The first-order chi connectivity index (χ1) is 8.43. The van der Waals surface area contributed by atoms with Crippen LogP contribution in [0.3, 0.4) is 0 Å². The summed E-state index contributed by atoms with van der Waals surface area (Å²) in [6.45, 7) is 3.40. The van der Waals surface area contributed by atoms with Gasteiger partial charge in [-0.25, -0.2) is 4.79 Å². The first-order valence-electron chi connectivity index (χ1n) is 5.91. The number of amides is 1. The summed E-state index contributed by atoms with van der Waals surface area (Å²) < 4.78 is 0. The molecule has 5 heteroatoms. The van der Waals surface area contributed by atoms with E-state index in [1.54, 1.807) is 19.2 Å². The number of nitrogens with one attached hydrogen (secondary N) is 1. The molecule has 1 heterocycles. The number of nitrogens with zero attached hydrogens (tertiary/aromatic N) is 1. The second kappa shape index (κ2) is 4.40. The van der Waals surface area contributed by atoms with E-state index in [1.165, 1.54) is 6.20 Å². The van der Waals surface area contributed by atoms with E-state index in [-0.39, 0.29) is 11.8 Å². The number of hydrogen-bond acceptors (Lipinski definition) is 3. The van der Waals surface area contributed by atoms with E-state index in [4.69, 9.17) is 0 Å². The molecule has 1 aliphatic rings. The third-order valence-corrected chi connectivity index (χ3v) is 3.35. The molecule has 1 amide bonds. The average molecular weight is 248 g/mol. The number of aliphatic carboxylic acids is 1. The van der Waals surface area contributed by atoms with Gasteiger partial charge in [-0.1, -0.05) is 0 Å². The number of rotatable bonds is 4. The Labute approximate surface area is 105 Å². The van der Waals surface area contributed by atoms with Gasteiger partial charge in [0.05, 0.1) is 5.56 Å². The molecular formula is C13H16N2O3. The molecule has 2 N–H and O–H groups in total. The molecule has 1 aliphatic carbocycles. The van der Waals surface area contributed by atoms with Crippen molar-refractivity contribution in [2.75, 3.05) is 0 Å². The largest absolute Gasteiger partial charge is 0.480 e. The van der Waals surface area contributed by atoms with E-state index in [9.17, 15) is 14.7 Å². The van der Waals surface area contributed by atoms with Gasteiger partial charge in [0, 0.05) is 12.4 Å². The maximum Gasteiger partial charge on any atom is 0.329 e. The van der Waals surface area contributed by atoms with Crippen molar-refractivity contribution in [3.8, 4) is 0 Å². The summed E-state index contributed by atoms with van der Waals surface area (Å²) in [4.78, 5) is 27.3. The maximum atomic E-state index is 12.0. The van der Waals surface area contributed by atoms with E-state index in [0.29, 0.717) is 5.56 Å². The Morgan fingerprint density at radius 3 is 2.61 bits per heavy atom. The van der Waals surface area contributed by atoms with Crippen molar-refractivity contribution in [2.24, 2.45) is 5.92 Å². The van der Waals surface area contributed by atoms with Gasteiger partial charge in [0.2, 0.25) is 0 Å². The fourth-order valence-electron chi connectivity index (χ4n) is 1.98. The minimum atomic E-state index is -1.18. The van der Waals surface area contributed by atoms with Gasteiger partial charge in [-0.15, -0.1) is 0 Å². The van der Waals surface area contributed by atoms with Crippen molar-refractivity contribution in [1.82, 2.24) is 10.3 Å². The van der Waals surface area contributed by atoms with Gasteiger partial charge in [-0.2, -0.15) is 0 Å². The van der Waals surface area contributed by atoms with Crippen molar-refractivity contribution in [1.29, 1.82) is 0 Å². The predicted octanol–water partition coefficient (Wildman–Crippen LogP) is 1.37. The van der Waals surface area contributed by atoms with E-state index in [1.807, 2.05) is 6.92 Å². The molecule has 0 saturated heterocycles. The minimum Gasteiger partial charge on any atom is -0.480 e. The fraction of sp³-hybridized carbons (Fsp3) is 0.462. The highest BCUT2D eigenvalue weighted by molar-refractivity contribution is 5.97. The second-order valence-electron chi connectivity index (χ2n) is 4.99. The Kier molecular flexibility index (Phi) is 3.07. The van der Waals surface area contributed by atoms with Crippen LogP contribution in [0, 0.1) is 12.8 Å². The SMILES string of the molecule is Cc1cncc(C(=O)NC(C)(C(=O)O)C2CC2)c1. The van der Waals surface area contributed by atoms with Crippen LogP contribution in [-0.4, -0.2) is 27.5 Å². The molecule has 96 valence electrons. The van der Waals surface area contributed by atoms with Crippen molar-refractivity contribution in [3.05, 3.63) is 29.6 Å². The Balaban J connectivity index is 2.17. The standard InChI is InChI=1S/C13H16N2O3/c1-8-5-9(7-14-6-8)11(16)15-13(2,12(17)18)10-3-4-10/h5-7,10H,3-4H2,1-2H3,(H,15,16)(H,17,18). The Morgan fingerprint density at radius 1 is 1.44 bits per heavy atom. The van der Waals surface area contributed by atoms with Gasteiger partial charge in [0.15, 0.2) is 0 Å². The number of carboxylic acid groups (broad SMARTS) is 1. The van der Waals surface area contributed by atoms with Crippen LogP contribution in [0.1, 0.15) is 35.7 Å². The molecule has 2 rings (SSSR count). The third-order valence-electron chi connectivity index (χ3n) is 3.35. The molecule has 1 aromatic rings. The number of aryl methyl sites for hydroxylation is 1. The molecule has 0 aliphatic heterocycles. The molecule has 1 aromatic heterocycles. The molecule has 0 aromatic carbocycles.